The predicted octanol–water partition coefficient (Wildman–Crippen LogP) is 1.21. The molecule has 0 amide bonds. The lowest BCUT2D eigenvalue weighted by atomic mass is 9.79. The number of aliphatic hydroxyl groups excluding tert-OH is 1. The summed E-state index contributed by atoms with van der Waals surface area (Å²) in [5, 5.41) is 20.0. The van der Waals surface area contributed by atoms with E-state index < -0.39 is 11.7 Å². The van der Waals surface area contributed by atoms with Crippen molar-refractivity contribution in [2.24, 2.45) is 5.92 Å². The third kappa shape index (κ3) is 2.55. The Kier molecular flexibility index (Phi) is 3.83. The fourth-order valence-electron chi connectivity index (χ4n) is 2.27. The molecule has 3 heteroatoms. The van der Waals surface area contributed by atoms with E-state index in [1.807, 2.05) is 0 Å². The van der Waals surface area contributed by atoms with E-state index in [4.69, 9.17) is 0 Å². The molecule has 0 aromatic rings. The van der Waals surface area contributed by atoms with Gasteiger partial charge in [0, 0.05) is 18.8 Å². The van der Waals surface area contributed by atoms with Gasteiger partial charge in [0.05, 0.1) is 11.7 Å². The van der Waals surface area contributed by atoms with Gasteiger partial charge in [-0.2, -0.15) is 0 Å². The average Bonchev–Trinajstić information content (AvgIpc) is 2.46. The van der Waals surface area contributed by atoms with Crippen LogP contribution in [-0.2, 0) is 4.79 Å². The quantitative estimate of drug-likeness (QED) is 0.670. The fourth-order valence-corrected chi connectivity index (χ4v) is 2.27. The molecule has 15 heavy (non-hydrogen) atoms. The highest BCUT2D eigenvalue weighted by atomic mass is 16.3. The van der Waals surface area contributed by atoms with Crippen molar-refractivity contribution in [2.45, 2.75) is 37.4 Å². The predicted molar refractivity (Wildman–Crippen MR) is 58.3 cm³/mol. The molecule has 1 rings (SSSR count). The molecule has 0 bridgehead atoms. The standard InChI is InChI=1S/C12H18O3/c1-3-5-12(15,6-4-2)10-7-9(13)8-11(10)14/h3-4,10-11,14-15H,1-2,5-8H2/t10-,11+/m0/s1. The zero-order chi connectivity index (χ0) is 11.5. The molecule has 1 aliphatic carbocycles. The number of Topliss-reactive ketones (excluding diaryl/α,β-unsaturated/α-hetero) is 1. The first-order chi connectivity index (χ1) is 7.03. The topological polar surface area (TPSA) is 57.5 Å². The molecule has 0 saturated heterocycles. The number of carbonyl (C=O) groups excluding carboxylic acids is 1. The van der Waals surface area contributed by atoms with Crippen molar-refractivity contribution >= 4 is 5.78 Å². The van der Waals surface area contributed by atoms with Gasteiger partial charge in [-0.15, -0.1) is 13.2 Å². The summed E-state index contributed by atoms with van der Waals surface area (Å²) >= 11 is 0. The van der Waals surface area contributed by atoms with Gasteiger partial charge >= 0.3 is 0 Å². The number of hydrogen-bond acceptors (Lipinski definition) is 3. The molecule has 0 aromatic heterocycles. The summed E-state index contributed by atoms with van der Waals surface area (Å²) in [6.07, 6.45) is 3.63. The number of rotatable bonds is 5. The molecular weight excluding hydrogens is 192 g/mol. The summed E-state index contributed by atoms with van der Waals surface area (Å²) in [6, 6.07) is 0. The molecule has 0 aliphatic heterocycles. The molecule has 2 N–H and O–H groups in total. The van der Waals surface area contributed by atoms with Gasteiger partial charge in [-0.1, -0.05) is 12.2 Å². The van der Waals surface area contributed by atoms with Gasteiger partial charge in [-0.25, -0.2) is 0 Å². The molecule has 3 nitrogen and oxygen atoms in total. The minimum atomic E-state index is -1.07. The molecule has 0 heterocycles. The van der Waals surface area contributed by atoms with E-state index in [0.717, 1.165) is 0 Å². The normalized spacial score (nSPS) is 26.7. The SMILES string of the molecule is C=CCC(O)(CC=C)[C@H]1CC(=O)C[C@H]1O. The van der Waals surface area contributed by atoms with Crippen molar-refractivity contribution in [3.8, 4) is 0 Å². The van der Waals surface area contributed by atoms with Crippen molar-refractivity contribution in [1.29, 1.82) is 0 Å². The van der Waals surface area contributed by atoms with Crippen molar-refractivity contribution in [3.63, 3.8) is 0 Å². The van der Waals surface area contributed by atoms with Gasteiger partial charge in [0.1, 0.15) is 5.78 Å². The lowest BCUT2D eigenvalue weighted by Crippen LogP contribution is -2.41. The van der Waals surface area contributed by atoms with Gasteiger partial charge in [0.2, 0.25) is 0 Å². The first-order valence-electron chi connectivity index (χ1n) is 5.17. The minimum absolute atomic E-state index is 0.0130. The van der Waals surface area contributed by atoms with Crippen LogP contribution in [0.3, 0.4) is 0 Å². The highest BCUT2D eigenvalue weighted by Crippen LogP contribution is 2.37. The molecule has 0 aromatic carbocycles. The van der Waals surface area contributed by atoms with E-state index in [1.54, 1.807) is 12.2 Å². The zero-order valence-corrected chi connectivity index (χ0v) is 8.85. The summed E-state index contributed by atoms with van der Waals surface area (Å²) in [5.41, 5.74) is -1.07. The summed E-state index contributed by atoms with van der Waals surface area (Å²) in [4.78, 5) is 11.2. The number of aliphatic hydroxyl groups is 2. The first kappa shape index (κ1) is 12.1. The third-order valence-electron chi connectivity index (χ3n) is 3.03. The van der Waals surface area contributed by atoms with Crippen molar-refractivity contribution < 1.29 is 15.0 Å². The molecule has 0 spiro atoms. The van der Waals surface area contributed by atoms with Crippen LogP contribution in [0.2, 0.25) is 0 Å². The van der Waals surface area contributed by atoms with Gasteiger partial charge in [0.15, 0.2) is 0 Å². The van der Waals surface area contributed by atoms with Gasteiger partial charge in [-0.3, -0.25) is 4.79 Å². The van der Waals surface area contributed by atoms with Crippen LogP contribution >= 0.6 is 0 Å². The maximum Gasteiger partial charge on any atom is 0.135 e. The van der Waals surface area contributed by atoms with Crippen LogP contribution < -0.4 is 0 Å². The largest absolute Gasteiger partial charge is 0.392 e. The second-order valence-corrected chi connectivity index (χ2v) is 4.21. The van der Waals surface area contributed by atoms with Crippen LogP contribution in [0.25, 0.3) is 0 Å². The van der Waals surface area contributed by atoms with Crippen LogP contribution in [0, 0.1) is 5.92 Å². The highest BCUT2D eigenvalue weighted by Gasteiger charge is 2.44. The van der Waals surface area contributed by atoms with Gasteiger partial charge in [0.25, 0.3) is 0 Å². The molecule has 0 unspecified atom stereocenters. The molecule has 1 saturated carbocycles. The van der Waals surface area contributed by atoms with Crippen LogP contribution in [0.4, 0.5) is 0 Å². The average molecular weight is 210 g/mol. The Labute approximate surface area is 90.1 Å². The van der Waals surface area contributed by atoms with Crippen LogP contribution in [0.15, 0.2) is 25.3 Å². The smallest absolute Gasteiger partial charge is 0.135 e. The van der Waals surface area contributed by atoms with E-state index in [1.165, 1.54) is 0 Å². The van der Waals surface area contributed by atoms with Crippen LogP contribution in [0.5, 0.6) is 0 Å². The monoisotopic (exact) mass is 210 g/mol. The van der Waals surface area contributed by atoms with Crippen molar-refractivity contribution in [3.05, 3.63) is 25.3 Å². The lowest BCUT2D eigenvalue weighted by Gasteiger charge is -2.33. The van der Waals surface area contributed by atoms with E-state index >= 15 is 0 Å². The zero-order valence-electron chi connectivity index (χ0n) is 8.85. The third-order valence-corrected chi connectivity index (χ3v) is 3.03. The Hall–Kier alpha value is -0.930. The fraction of sp³-hybridized carbons (Fsp3) is 0.583. The minimum Gasteiger partial charge on any atom is -0.392 e. The molecule has 1 aliphatic rings. The molecule has 2 atom stereocenters. The summed E-state index contributed by atoms with van der Waals surface area (Å²) in [7, 11) is 0. The second-order valence-electron chi connectivity index (χ2n) is 4.21. The van der Waals surface area contributed by atoms with Gasteiger partial charge in [-0.05, 0) is 12.8 Å². The molecule has 1 fully saturated rings. The number of hydrogen-bond donors (Lipinski definition) is 2. The lowest BCUT2D eigenvalue weighted by molar-refractivity contribution is -0.118. The Morgan fingerprint density at radius 1 is 1.33 bits per heavy atom. The van der Waals surface area contributed by atoms with Crippen molar-refractivity contribution in [2.75, 3.05) is 0 Å². The molecular formula is C12H18O3. The summed E-state index contributed by atoms with van der Waals surface area (Å²) in [6.45, 7) is 7.17. The highest BCUT2D eigenvalue weighted by molar-refractivity contribution is 5.81. The Bertz CT molecular complexity index is 260. The van der Waals surface area contributed by atoms with Crippen LogP contribution in [0.1, 0.15) is 25.7 Å². The molecule has 84 valence electrons. The summed E-state index contributed by atoms with van der Waals surface area (Å²) in [5.74, 6) is -0.375. The first-order valence-corrected chi connectivity index (χ1v) is 5.17. The summed E-state index contributed by atoms with van der Waals surface area (Å²) < 4.78 is 0. The Morgan fingerprint density at radius 3 is 2.20 bits per heavy atom. The van der Waals surface area contributed by atoms with E-state index in [0.29, 0.717) is 12.8 Å². The van der Waals surface area contributed by atoms with E-state index in [2.05, 4.69) is 13.2 Å². The van der Waals surface area contributed by atoms with E-state index in [9.17, 15) is 15.0 Å². The van der Waals surface area contributed by atoms with Crippen LogP contribution in [-0.4, -0.2) is 27.7 Å². The maximum atomic E-state index is 11.2. The maximum absolute atomic E-state index is 11.2. The van der Waals surface area contributed by atoms with E-state index in [-0.39, 0.29) is 24.5 Å². The number of ketones is 1. The number of carbonyl (C=O) groups is 1. The van der Waals surface area contributed by atoms with Crippen molar-refractivity contribution in [1.82, 2.24) is 0 Å². The second kappa shape index (κ2) is 4.73. The Balaban J connectivity index is 2.83. The van der Waals surface area contributed by atoms with Gasteiger partial charge < -0.3 is 10.2 Å². The molecule has 0 radical (unpaired) electrons. The Morgan fingerprint density at radius 2 is 1.87 bits per heavy atom.